The van der Waals surface area contributed by atoms with Crippen LogP contribution in [-0.2, 0) is 11.3 Å². The number of halogens is 2. The molecule has 0 spiro atoms. The van der Waals surface area contributed by atoms with Crippen LogP contribution in [0, 0.1) is 21.7 Å². The number of benzene rings is 1. The van der Waals surface area contributed by atoms with E-state index in [4.69, 9.17) is 4.74 Å². The number of rotatable bonds is 3. The SMILES string of the molecule is O=[N+]([O-])c1cc(F)c(N2CCOCC2)c(CO)c1F. The average molecular weight is 274 g/mol. The Morgan fingerprint density at radius 2 is 2.05 bits per heavy atom. The number of aliphatic hydroxyl groups excluding tert-OH is 1. The molecule has 0 bridgehead atoms. The Balaban J connectivity index is 2.53. The molecule has 0 radical (unpaired) electrons. The second-order valence-corrected chi connectivity index (χ2v) is 4.03. The van der Waals surface area contributed by atoms with Crippen molar-refractivity contribution in [2.75, 3.05) is 31.2 Å². The van der Waals surface area contributed by atoms with Gasteiger partial charge in [-0.05, 0) is 0 Å². The third-order valence-corrected chi connectivity index (χ3v) is 2.95. The third kappa shape index (κ3) is 2.49. The van der Waals surface area contributed by atoms with Crippen molar-refractivity contribution >= 4 is 11.4 Å². The first-order valence-corrected chi connectivity index (χ1v) is 5.65. The smallest absolute Gasteiger partial charge is 0.308 e. The van der Waals surface area contributed by atoms with E-state index in [0.29, 0.717) is 32.4 Å². The van der Waals surface area contributed by atoms with Crippen LogP contribution in [0.3, 0.4) is 0 Å². The number of ether oxygens (including phenoxy) is 1. The zero-order valence-electron chi connectivity index (χ0n) is 9.94. The maximum atomic E-state index is 14.0. The van der Waals surface area contributed by atoms with Crippen LogP contribution in [0.5, 0.6) is 0 Å². The lowest BCUT2D eigenvalue weighted by Gasteiger charge is -2.30. The van der Waals surface area contributed by atoms with Gasteiger partial charge in [-0.2, -0.15) is 4.39 Å². The number of nitrogens with zero attached hydrogens (tertiary/aromatic N) is 2. The highest BCUT2D eigenvalue weighted by Gasteiger charge is 2.28. The van der Waals surface area contributed by atoms with Crippen molar-refractivity contribution in [1.82, 2.24) is 0 Å². The van der Waals surface area contributed by atoms with Gasteiger partial charge in [0.05, 0.1) is 36.5 Å². The number of anilines is 1. The average Bonchev–Trinajstić information content (AvgIpc) is 2.41. The van der Waals surface area contributed by atoms with Crippen molar-refractivity contribution in [3.63, 3.8) is 0 Å². The van der Waals surface area contributed by atoms with E-state index in [1.165, 1.54) is 4.90 Å². The van der Waals surface area contributed by atoms with Crippen LogP contribution in [0.4, 0.5) is 20.2 Å². The fourth-order valence-electron chi connectivity index (χ4n) is 2.06. The molecule has 1 aromatic carbocycles. The number of hydrogen-bond acceptors (Lipinski definition) is 5. The van der Waals surface area contributed by atoms with Crippen molar-refractivity contribution in [2.24, 2.45) is 0 Å². The van der Waals surface area contributed by atoms with E-state index < -0.39 is 34.4 Å². The number of hydrogen-bond donors (Lipinski definition) is 1. The van der Waals surface area contributed by atoms with Crippen molar-refractivity contribution in [3.05, 3.63) is 33.4 Å². The summed E-state index contributed by atoms with van der Waals surface area (Å²) in [6, 6.07) is 0.541. The zero-order valence-corrected chi connectivity index (χ0v) is 9.94. The van der Waals surface area contributed by atoms with Gasteiger partial charge < -0.3 is 14.7 Å². The molecule has 0 aliphatic carbocycles. The molecule has 1 N–H and O–H groups in total. The number of nitro benzene ring substituents is 1. The lowest BCUT2D eigenvalue weighted by atomic mass is 10.1. The van der Waals surface area contributed by atoms with Gasteiger partial charge in [-0.15, -0.1) is 0 Å². The molecule has 1 aliphatic heterocycles. The fraction of sp³-hybridized carbons (Fsp3) is 0.455. The minimum atomic E-state index is -1.20. The molecule has 1 fully saturated rings. The summed E-state index contributed by atoms with van der Waals surface area (Å²) in [6.45, 7) is 0.561. The van der Waals surface area contributed by atoms with Crippen molar-refractivity contribution in [1.29, 1.82) is 0 Å². The van der Waals surface area contributed by atoms with Gasteiger partial charge in [0.1, 0.15) is 0 Å². The first kappa shape index (κ1) is 13.6. The molecule has 1 saturated heterocycles. The molecule has 19 heavy (non-hydrogen) atoms. The molecule has 0 aromatic heterocycles. The van der Waals surface area contributed by atoms with E-state index in [0.717, 1.165) is 0 Å². The Bertz CT molecular complexity index is 504. The molecule has 6 nitrogen and oxygen atoms in total. The fourth-order valence-corrected chi connectivity index (χ4v) is 2.06. The van der Waals surface area contributed by atoms with Crippen LogP contribution in [0.1, 0.15) is 5.56 Å². The van der Waals surface area contributed by atoms with Crippen LogP contribution in [0.15, 0.2) is 6.07 Å². The second kappa shape index (κ2) is 5.45. The Hall–Kier alpha value is -1.80. The van der Waals surface area contributed by atoms with E-state index in [1.807, 2.05) is 0 Å². The highest BCUT2D eigenvalue weighted by atomic mass is 19.1. The van der Waals surface area contributed by atoms with Crippen LogP contribution in [0.25, 0.3) is 0 Å². The first-order chi connectivity index (χ1) is 9.06. The van der Waals surface area contributed by atoms with Crippen molar-refractivity contribution in [2.45, 2.75) is 6.61 Å². The third-order valence-electron chi connectivity index (χ3n) is 2.95. The summed E-state index contributed by atoms with van der Waals surface area (Å²) in [6.07, 6.45) is 0. The van der Waals surface area contributed by atoms with Crippen LogP contribution < -0.4 is 4.90 Å². The minimum Gasteiger partial charge on any atom is -0.391 e. The predicted octanol–water partition coefficient (Wildman–Crippen LogP) is 1.20. The summed E-state index contributed by atoms with van der Waals surface area (Å²) in [5, 5.41) is 19.8. The molecule has 104 valence electrons. The van der Waals surface area contributed by atoms with E-state index in [1.54, 1.807) is 0 Å². The number of morpholine rings is 1. The largest absolute Gasteiger partial charge is 0.391 e. The molecule has 8 heteroatoms. The van der Waals surface area contributed by atoms with Crippen molar-refractivity contribution < 1.29 is 23.5 Å². The van der Waals surface area contributed by atoms with E-state index >= 15 is 0 Å². The molecule has 0 saturated carbocycles. The quantitative estimate of drug-likeness (QED) is 0.662. The molecule has 0 atom stereocenters. The van der Waals surface area contributed by atoms with Gasteiger partial charge in [-0.3, -0.25) is 10.1 Å². The Morgan fingerprint density at radius 1 is 1.42 bits per heavy atom. The molecule has 0 unspecified atom stereocenters. The molecule has 2 rings (SSSR count). The van der Waals surface area contributed by atoms with Gasteiger partial charge in [-0.25, -0.2) is 4.39 Å². The van der Waals surface area contributed by atoms with E-state index in [9.17, 15) is 24.0 Å². The molecule has 1 aliphatic rings. The van der Waals surface area contributed by atoms with Crippen LogP contribution >= 0.6 is 0 Å². The molecule has 0 amide bonds. The summed E-state index contributed by atoms with van der Waals surface area (Å²) >= 11 is 0. The summed E-state index contributed by atoms with van der Waals surface area (Å²) in [7, 11) is 0. The number of nitro groups is 1. The summed E-state index contributed by atoms with van der Waals surface area (Å²) < 4.78 is 32.9. The maximum Gasteiger partial charge on any atom is 0.308 e. The molecule has 1 heterocycles. The molecule has 1 aromatic rings. The van der Waals surface area contributed by atoms with Gasteiger partial charge in [0, 0.05) is 18.7 Å². The summed E-state index contributed by atoms with van der Waals surface area (Å²) in [5.74, 6) is -2.12. The standard InChI is InChI=1S/C11H12F2N2O4/c12-8-5-9(15(17)18)10(13)7(6-16)11(8)14-1-3-19-4-2-14/h5,16H,1-4,6H2. The van der Waals surface area contributed by atoms with Gasteiger partial charge >= 0.3 is 5.69 Å². The van der Waals surface area contributed by atoms with Gasteiger partial charge in [0.2, 0.25) is 5.82 Å². The Labute approximate surface area is 107 Å². The minimum absolute atomic E-state index is 0.131. The summed E-state index contributed by atoms with van der Waals surface area (Å²) in [4.78, 5) is 11.1. The van der Waals surface area contributed by atoms with Crippen LogP contribution in [-0.4, -0.2) is 36.3 Å². The molecular formula is C11H12F2N2O4. The topological polar surface area (TPSA) is 75.8 Å². The van der Waals surface area contributed by atoms with E-state index in [-0.39, 0.29) is 5.69 Å². The maximum absolute atomic E-state index is 14.0. The lowest BCUT2D eigenvalue weighted by molar-refractivity contribution is -0.387. The normalized spacial score (nSPS) is 15.6. The van der Waals surface area contributed by atoms with Gasteiger partial charge in [0.25, 0.3) is 0 Å². The first-order valence-electron chi connectivity index (χ1n) is 5.65. The second-order valence-electron chi connectivity index (χ2n) is 4.03. The monoisotopic (exact) mass is 274 g/mol. The highest BCUT2D eigenvalue weighted by molar-refractivity contribution is 5.60. The van der Waals surface area contributed by atoms with Crippen molar-refractivity contribution in [3.8, 4) is 0 Å². The Morgan fingerprint density at radius 3 is 2.58 bits per heavy atom. The molecular weight excluding hydrogens is 262 g/mol. The van der Waals surface area contributed by atoms with Crippen LogP contribution in [0.2, 0.25) is 0 Å². The zero-order chi connectivity index (χ0) is 14.0. The highest BCUT2D eigenvalue weighted by Crippen LogP contribution is 2.33. The Kier molecular flexibility index (Phi) is 3.91. The number of aliphatic hydroxyl groups is 1. The van der Waals surface area contributed by atoms with Gasteiger partial charge in [-0.1, -0.05) is 0 Å². The van der Waals surface area contributed by atoms with E-state index in [2.05, 4.69) is 0 Å². The summed E-state index contributed by atoms with van der Waals surface area (Å²) in [5.41, 5.74) is -1.50. The van der Waals surface area contributed by atoms with Gasteiger partial charge in [0.15, 0.2) is 5.82 Å². The lowest BCUT2D eigenvalue weighted by Crippen LogP contribution is -2.37. The predicted molar refractivity (Wildman–Crippen MR) is 62.0 cm³/mol.